The Hall–Kier alpha value is -0.890. The van der Waals surface area contributed by atoms with Crippen molar-refractivity contribution in [3.05, 3.63) is 35.1 Å². The summed E-state index contributed by atoms with van der Waals surface area (Å²) >= 11 is 0. The zero-order valence-corrected chi connectivity index (χ0v) is 12.6. The largest absolute Gasteiger partial charge is 0.296 e. The van der Waals surface area contributed by atoms with Crippen molar-refractivity contribution in [2.75, 3.05) is 6.54 Å². The van der Waals surface area contributed by atoms with Crippen LogP contribution in [0.15, 0.2) is 18.2 Å². The Morgan fingerprint density at radius 1 is 1.20 bits per heavy atom. The van der Waals surface area contributed by atoms with Gasteiger partial charge in [0.15, 0.2) is 0 Å². The van der Waals surface area contributed by atoms with Gasteiger partial charge in [-0.1, -0.05) is 38.3 Å². The van der Waals surface area contributed by atoms with Gasteiger partial charge in [-0.25, -0.2) is 4.39 Å². The van der Waals surface area contributed by atoms with E-state index < -0.39 is 0 Å². The molecule has 0 saturated heterocycles. The van der Waals surface area contributed by atoms with Crippen LogP contribution in [0.1, 0.15) is 56.6 Å². The fourth-order valence-electron chi connectivity index (χ4n) is 4.01. The maximum atomic E-state index is 13.9. The van der Waals surface area contributed by atoms with E-state index in [1.165, 1.54) is 44.2 Å². The summed E-state index contributed by atoms with van der Waals surface area (Å²) in [6, 6.07) is 6.11. The van der Waals surface area contributed by atoms with Crippen molar-refractivity contribution in [1.82, 2.24) is 4.90 Å². The number of rotatable bonds is 3. The summed E-state index contributed by atoms with van der Waals surface area (Å²) in [7, 11) is 0. The number of hydrogen-bond acceptors (Lipinski definition) is 1. The minimum absolute atomic E-state index is 0.00161. The van der Waals surface area contributed by atoms with Gasteiger partial charge in [0.1, 0.15) is 5.82 Å². The van der Waals surface area contributed by atoms with Gasteiger partial charge in [-0.15, -0.1) is 0 Å². The van der Waals surface area contributed by atoms with Gasteiger partial charge in [0, 0.05) is 19.1 Å². The number of halogens is 1. The summed E-state index contributed by atoms with van der Waals surface area (Å²) in [6.07, 6.45) is 9.03. The molecule has 1 atom stereocenters. The second-order valence-electron chi connectivity index (χ2n) is 6.58. The molecule has 1 aromatic carbocycles. The SMILES string of the molecule is CC[C@@H]1Cc2c(F)cccc2CN1CC1CCCCC1. The molecule has 0 bridgehead atoms. The van der Waals surface area contributed by atoms with E-state index in [9.17, 15) is 4.39 Å². The molecule has 0 N–H and O–H groups in total. The number of benzene rings is 1. The van der Waals surface area contributed by atoms with Gasteiger partial charge in [0.25, 0.3) is 0 Å². The molecule has 3 rings (SSSR count). The minimum atomic E-state index is -0.00161. The van der Waals surface area contributed by atoms with E-state index >= 15 is 0 Å². The first kappa shape index (κ1) is 14.1. The predicted molar refractivity (Wildman–Crippen MR) is 81.2 cm³/mol. The Labute approximate surface area is 122 Å². The summed E-state index contributed by atoms with van der Waals surface area (Å²) in [5.74, 6) is 0.867. The van der Waals surface area contributed by atoms with Gasteiger partial charge in [-0.2, -0.15) is 0 Å². The predicted octanol–water partition coefficient (Wildman–Crippen LogP) is 4.54. The summed E-state index contributed by atoms with van der Waals surface area (Å²) < 4.78 is 13.9. The van der Waals surface area contributed by atoms with E-state index in [-0.39, 0.29) is 5.82 Å². The summed E-state index contributed by atoms with van der Waals surface area (Å²) in [5.41, 5.74) is 2.18. The molecule has 0 amide bonds. The lowest BCUT2D eigenvalue weighted by atomic mass is 9.86. The van der Waals surface area contributed by atoms with E-state index in [0.29, 0.717) is 6.04 Å². The monoisotopic (exact) mass is 275 g/mol. The van der Waals surface area contributed by atoms with Gasteiger partial charge >= 0.3 is 0 Å². The van der Waals surface area contributed by atoms with Crippen LogP contribution in [-0.2, 0) is 13.0 Å². The fourth-order valence-corrected chi connectivity index (χ4v) is 4.01. The molecule has 0 radical (unpaired) electrons. The molecular weight excluding hydrogens is 249 g/mol. The van der Waals surface area contributed by atoms with E-state index in [2.05, 4.69) is 17.9 Å². The Morgan fingerprint density at radius 3 is 2.75 bits per heavy atom. The molecule has 2 aliphatic rings. The highest BCUT2D eigenvalue weighted by Gasteiger charge is 2.28. The number of fused-ring (bicyclic) bond motifs is 1. The third-order valence-corrected chi connectivity index (χ3v) is 5.23. The second kappa shape index (κ2) is 6.26. The molecule has 1 saturated carbocycles. The lowest BCUT2D eigenvalue weighted by Gasteiger charge is -2.39. The zero-order valence-electron chi connectivity index (χ0n) is 12.6. The highest BCUT2D eigenvalue weighted by Crippen LogP contribution is 2.31. The van der Waals surface area contributed by atoms with Crippen LogP contribution >= 0.6 is 0 Å². The van der Waals surface area contributed by atoms with Gasteiger partial charge in [-0.05, 0) is 48.8 Å². The topological polar surface area (TPSA) is 3.24 Å². The van der Waals surface area contributed by atoms with Crippen molar-refractivity contribution < 1.29 is 4.39 Å². The Morgan fingerprint density at radius 2 is 2.00 bits per heavy atom. The number of nitrogens with zero attached hydrogens (tertiary/aromatic N) is 1. The average molecular weight is 275 g/mol. The first-order valence-corrected chi connectivity index (χ1v) is 8.28. The highest BCUT2D eigenvalue weighted by atomic mass is 19.1. The molecule has 0 unspecified atom stereocenters. The molecule has 1 aromatic rings. The molecule has 20 heavy (non-hydrogen) atoms. The third kappa shape index (κ3) is 2.90. The van der Waals surface area contributed by atoms with Crippen LogP contribution in [0.4, 0.5) is 4.39 Å². The molecule has 2 heteroatoms. The van der Waals surface area contributed by atoms with Crippen LogP contribution in [0.2, 0.25) is 0 Å². The molecule has 1 heterocycles. The third-order valence-electron chi connectivity index (χ3n) is 5.23. The molecule has 110 valence electrons. The Bertz CT molecular complexity index is 451. The first-order chi connectivity index (χ1) is 9.78. The van der Waals surface area contributed by atoms with Crippen molar-refractivity contribution in [3.8, 4) is 0 Å². The second-order valence-corrected chi connectivity index (χ2v) is 6.58. The minimum Gasteiger partial charge on any atom is -0.296 e. The molecule has 0 aromatic heterocycles. The lowest BCUT2D eigenvalue weighted by Crippen LogP contribution is -2.43. The summed E-state index contributed by atoms with van der Waals surface area (Å²) in [6.45, 7) is 4.40. The maximum absolute atomic E-state index is 13.9. The van der Waals surface area contributed by atoms with Crippen molar-refractivity contribution in [2.24, 2.45) is 5.92 Å². The molecule has 1 aliphatic carbocycles. The van der Waals surface area contributed by atoms with Crippen LogP contribution in [0.25, 0.3) is 0 Å². The lowest BCUT2D eigenvalue weighted by molar-refractivity contribution is 0.124. The quantitative estimate of drug-likeness (QED) is 0.782. The summed E-state index contributed by atoms with van der Waals surface area (Å²) in [5, 5.41) is 0. The zero-order chi connectivity index (χ0) is 13.9. The standard InChI is InChI=1S/C18H26FN/c1-2-16-11-17-15(9-6-10-18(17)19)13-20(16)12-14-7-4-3-5-8-14/h6,9-10,14,16H,2-5,7-8,11-13H2,1H3/t16-/m1/s1. The molecule has 1 aliphatic heterocycles. The van der Waals surface area contributed by atoms with Crippen LogP contribution in [0, 0.1) is 11.7 Å². The van der Waals surface area contributed by atoms with Crippen LogP contribution in [0.3, 0.4) is 0 Å². The summed E-state index contributed by atoms with van der Waals surface area (Å²) in [4.78, 5) is 2.62. The van der Waals surface area contributed by atoms with Crippen LogP contribution < -0.4 is 0 Å². The molecular formula is C18H26FN. The van der Waals surface area contributed by atoms with E-state index in [1.807, 2.05) is 6.07 Å². The maximum Gasteiger partial charge on any atom is 0.126 e. The van der Waals surface area contributed by atoms with Gasteiger partial charge < -0.3 is 0 Å². The fraction of sp³-hybridized carbons (Fsp3) is 0.667. The van der Waals surface area contributed by atoms with E-state index in [4.69, 9.17) is 0 Å². The average Bonchev–Trinajstić information content (AvgIpc) is 2.48. The Kier molecular flexibility index (Phi) is 4.40. The van der Waals surface area contributed by atoms with Crippen molar-refractivity contribution >= 4 is 0 Å². The van der Waals surface area contributed by atoms with Crippen LogP contribution in [-0.4, -0.2) is 17.5 Å². The normalized spacial score (nSPS) is 24.6. The van der Waals surface area contributed by atoms with Gasteiger partial charge in [0.2, 0.25) is 0 Å². The van der Waals surface area contributed by atoms with Crippen molar-refractivity contribution in [3.63, 3.8) is 0 Å². The van der Waals surface area contributed by atoms with Crippen molar-refractivity contribution in [2.45, 2.75) is 64.5 Å². The van der Waals surface area contributed by atoms with Gasteiger partial charge in [0.05, 0.1) is 0 Å². The number of hydrogen-bond donors (Lipinski definition) is 0. The van der Waals surface area contributed by atoms with E-state index in [1.54, 1.807) is 6.07 Å². The van der Waals surface area contributed by atoms with E-state index in [0.717, 1.165) is 30.9 Å². The van der Waals surface area contributed by atoms with Crippen molar-refractivity contribution in [1.29, 1.82) is 0 Å². The van der Waals surface area contributed by atoms with Crippen LogP contribution in [0.5, 0.6) is 0 Å². The smallest absolute Gasteiger partial charge is 0.126 e. The van der Waals surface area contributed by atoms with Gasteiger partial charge in [-0.3, -0.25) is 4.90 Å². The Balaban J connectivity index is 1.74. The first-order valence-electron chi connectivity index (χ1n) is 8.28. The highest BCUT2D eigenvalue weighted by molar-refractivity contribution is 5.31. The molecule has 0 spiro atoms. The molecule has 1 nitrogen and oxygen atoms in total. The molecule has 1 fully saturated rings.